The van der Waals surface area contributed by atoms with E-state index in [1.165, 1.54) is 12.3 Å². The van der Waals surface area contributed by atoms with Crippen LogP contribution in [0.25, 0.3) is 0 Å². The van der Waals surface area contributed by atoms with Gasteiger partial charge in [-0.05, 0) is 36.8 Å². The van der Waals surface area contributed by atoms with E-state index in [2.05, 4.69) is 10.6 Å². The van der Waals surface area contributed by atoms with Crippen molar-refractivity contribution in [2.45, 2.75) is 6.92 Å². The van der Waals surface area contributed by atoms with Gasteiger partial charge in [0.25, 0.3) is 5.91 Å². The number of benzene rings is 2. The zero-order valence-electron chi connectivity index (χ0n) is 12.2. The van der Waals surface area contributed by atoms with Gasteiger partial charge in [0.05, 0.1) is 10.7 Å². The Kier molecular flexibility index (Phi) is 5.64. The van der Waals surface area contributed by atoms with Crippen LogP contribution in [-0.4, -0.2) is 5.91 Å². The molecule has 1 amide bonds. The maximum absolute atomic E-state index is 12.2. The summed E-state index contributed by atoms with van der Waals surface area (Å²) in [5, 5.41) is 15.5. The third-order valence-corrected chi connectivity index (χ3v) is 3.62. The van der Waals surface area contributed by atoms with Gasteiger partial charge in [-0.2, -0.15) is 5.26 Å². The molecule has 23 heavy (non-hydrogen) atoms. The minimum Gasteiger partial charge on any atom is -0.360 e. The fourth-order valence-corrected chi connectivity index (χ4v) is 2.15. The smallest absolute Gasteiger partial charge is 0.267 e. The lowest BCUT2D eigenvalue weighted by molar-refractivity contribution is -0.112. The van der Waals surface area contributed by atoms with Crippen LogP contribution in [0.4, 0.5) is 11.4 Å². The number of nitriles is 1. The summed E-state index contributed by atoms with van der Waals surface area (Å²) in [5.74, 6) is -0.572. The molecule has 6 heteroatoms. The van der Waals surface area contributed by atoms with E-state index in [4.69, 9.17) is 28.5 Å². The van der Waals surface area contributed by atoms with E-state index in [0.717, 1.165) is 11.3 Å². The number of nitrogens with zero attached hydrogens (tertiary/aromatic N) is 1. The Morgan fingerprint density at radius 1 is 1.17 bits per heavy atom. The summed E-state index contributed by atoms with van der Waals surface area (Å²) in [6.45, 7) is 1.92. The number of para-hydroxylation sites is 1. The van der Waals surface area contributed by atoms with Crippen LogP contribution in [-0.2, 0) is 4.79 Å². The molecule has 0 aliphatic carbocycles. The van der Waals surface area contributed by atoms with E-state index in [9.17, 15) is 4.79 Å². The van der Waals surface area contributed by atoms with Crippen LogP contribution in [0.1, 0.15) is 5.56 Å². The van der Waals surface area contributed by atoms with Crippen molar-refractivity contribution in [1.82, 2.24) is 0 Å². The second-order valence-corrected chi connectivity index (χ2v) is 5.55. The van der Waals surface area contributed by atoms with E-state index < -0.39 is 5.91 Å². The van der Waals surface area contributed by atoms with Gasteiger partial charge in [0.1, 0.15) is 11.6 Å². The van der Waals surface area contributed by atoms with Crippen LogP contribution >= 0.6 is 23.2 Å². The minimum atomic E-state index is -0.572. The molecule has 4 nitrogen and oxygen atoms in total. The van der Waals surface area contributed by atoms with E-state index in [-0.39, 0.29) is 5.57 Å². The van der Waals surface area contributed by atoms with E-state index in [1.54, 1.807) is 12.1 Å². The van der Waals surface area contributed by atoms with Crippen LogP contribution < -0.4 is 10.6 Å². The van der Waals surface area contributed by atoms with Crippen molar-refractivity contribution < 1.29 is 4.79 Å². The summed E-state index contributed by atoms with van der Waals surface area (Å²) in [7, 11) is 0. The summed E-state index contributed by atoms with van der Waals surface area (Å²) in [6, 6.07) is 14.1. The van der Waals surface area contributed by atoms with Gasteiger partial charge in [-0.1, -0.05) is 41.4 Å². The second kappa shape index (κ2) is 7.68. The highest BCUT2D eigenvalue weighted by atomic mass is 35.5. The van der Waals surface area contributed by atoms with E-state index >= 15 is 0 Å². The van der Waals surface area contributed by atoms with Gasteiger partial charge >= 0.3 is 0 Å². The Morgan fingerprint density at radius 3 is 2.61 bits per heavy atom. The SMILES string of the molecule is Cc1ccccc1N/C=C(/C#N)C(=O)Nc1cc(Cl)ccc1Cl. The molecule has 0 saturated carbocycles. The fraction of sp³-hybridized carbons (Fsp3) is 0.0588. The summed E-state index contributed by atoms with van der Waals surface area (Å²) in [5.41, 5.74) is 2.08. The molecule has 2 aromatic rings. The molecule has 0 saturated heterocycles. The van der Waals surface area contributed by atoms with Gasteiger partial charge in [0, 0.05) is 16.9 Å². The summed E-state index contributed by atoms with van der Waals surface area (Å²) < 4.78 is 0. The van der Waals surface area contributed by atoms with E-state index in [1.807, 2.05) is 37.3 Å². The predicted octanol–water partition coefficient (Wildman–Crippen LogP) is 4.76. The van der Waals surface area contributed by atoms with Gasteiger partial charge < -0.3 is 10.6 Å². The molecule has 116 valence electrons. The Hall–Kier alpha value is -2.48. The Bertz CT molecular complexity index is 810. The van der Waals surface area contributed by atoms with Gasteiger partial charge in [0.15, 0.2) is 0 Å². The first-order chi connectivity index (χ1) is 11.0. The summed E-state index contributed by atoms with van der Waals surface area (Å²) in [6.07, 6.45) is 1.36. The maximum atomic E-state index is 12.2. The Morgan fingerprint density at radius 2 is 1.91 bits per heavy atom. The number of hydrogen-bond acceptors (Lipinski definition) is 3. The number of carbonyl (C=O) groups excluding carboxylic acids is 1. The normalized spacial score (nSPS) is 10.8. The fourth-order valence-electron chi connectivity index (χ4n) is 1.82. The predicted molar refractivity (Wildman–Crippen MR) is 93.6 cm³/mol. The number of carbonyl (C=O) groups is 1. The van der Waals surface area contributed by atoms with Crippen molar-refractivity contribution in [2.75, 3.05) is 10.6 Å². The van der Waals surface area contributed by atoms with Gasteiger partial charge in [0.2, 0.25) is 0 Å². The van der Waals surface area contributed by atoms with Gasteiger partial charge in [-0.3, -0.25) is 4.79 Å². The molecular formula is C17H13Cl2N3O. The lowest BCUT2D eigenvalue weighted by Crippen LogP contribution is -2.15. The molecule has 0 bridgehead atoms. The third kappa shape index (κ3) is 4.49. The molecule has 0 heterocycles. The van der Waals surface area contributed by atoms with Gasteiger partial charge in [-0.25, -0.2) is 0 Å². The third-order valence-electron chi connectivity index (χ3n) is 3.06. The molecule has 0 atom stereocenters. The molecule has 0 aliphatic rings. The van der Waals surface area contributed by atoms with Crippen LogP contribution in [0.3, 0.4) is 0 Å². The first-order valence-corrected chi connectivity index (χ1v) is 7.45. The molecule has 0 spiro atoms. The van der Waals surface area contributed by atoms with Crippen LogP contribution in [0, 0.1) is 18.3 Å². The number of aryl methyl sites for hydroxylation is 1. The Balaban J connectivity index is 2.16. The number of anilines is 2. The highest BCUT2D eigenvalue weighted by Crippen LogP contribution is 2.25. The van der Waals surface area contributed by atoms with E-state index in [0.29, 0.717) is 15.7 Å². The van der Waals surface area contributed by atoms with Crippen LogP contribution in [0.15, 0.2) is 54.2 Å². The zero-order chi connectivity index (χ0) is 16.8. The molecule has 2 rings (SSSR count). The monoisotopic (exact) mass is 345 g/mol. The van der Waals surface area contributed by atoms with Gasteiger partial charge in [-0.15, -0.1) is 0 Å². The van der Waals surface area contributed by atoms with Crippen LogP contribution in [0.5, 0.6) is 0 Å². The highest BCUT2D eigenvalue weighted by Gasteiger charge is 2.11. The number of halogens is 2. The lowest BCUT2D eigenvalue weighted by atomic mass is 10.2. The first-order valence-electron chi connectivity index (χ1n) is 6.70. The molecule has 0 aliphatic heterocycles. The lowest BCUT2D eigenvalue weighted by Gasteiger charge is -2.08. The molecule has 2 aromatic carbocycles. The molecule has 2 N–H and O–H groups in total. The van der Waals surface area contributed by atoms with Crippen LogP contribution in [0.2, 0.25) is 10.0 Å². The van der Waals surface area contributed by atoms with Crippen molar-refractivity contribution in [3.8, 4) is 6.07 Å². The van der Waals surface area contributed by atoms with Crippen molar-refractivity contribution >= 4 is 40.5 Å². The van der Waals surface area contributed by atoms with Crippen molar-refractivity contribution in [2.24, 2.45) is 0 Å². The molecule has 0 fully saturated rings. The quantitative estimate of drug-likeness (QED) is 0.620. The standard InChI is InChI=1S/C17H13Cl2N3O/c1-11-4-2-3-5-15(11)21-10-12(9-20)17(23)22-16-8-13(18)6-7-14(16)19/h2-8,10,21H,1H3,(H,22,23)/b12-10-. The molecule has 0 radical (unpaired) electrons. The first kappa shape index (κ1) is 16.9. The number of rotatable bonds is 4. The number of amides is 1. The molecule has 0 aromatic heterocycles. The molecular weight excluding hydrogens is 333 g/mol. The minimum absolute atomic E-state index is 0.0794. The zero-order valence-corrected chi connectivity index (χ0v) is 13.7. The topological polar surface area (TPSA) is 64.9 Å². The van der Waals surface area contributed by atoms with Crippen molar-refractivity contribution in [3.63, 3.8) is 0 Å². The number of nitrogens with one attached hydrogen (secondary N) is 2. The number of hydrogen-bond donors (Lipinski definition) is 2. The average Bonchev–Trinajstić information content (AvgIpc) is 2.53. The molecule has 0 unspecified atom stereocenters. The summed E-state index contributed by atoms with van der Waals surface area (Å²) in [4.78, 5) is 12.2. The average molecular weight is 346 g/mol. The van der Waals surface area contributed by atoms with Crippen molar-refractivity contribution in [3.05, 3.63) is 69.8 Å². The highest BCUT2D eigenvalue weighted by molar-refractivity contribution is 6.35. The second-order valence-electron chi connectivity index (χ2n) is 4.71. The summed E-state index contributed by atoms with van der Waals surface area (Å²) >= 11 is 11.9. The Labute approximate surface area is 144 Å². The van der Waals surface area contributed by atoms with Crippen molar-refractivity contribution in [1.29, 1.82) is 5.26 Å². The largest absolute Gasteiger partial charge is 0.360 e. The maximum Gasteiger partial charge on any atom is 0.267 e.